The number of benzene rings is 1. The fraction of sp³-hybridized carbons (Fsp3) is 0.455. The highest BCUT2D eigenvalue weighted by molar-refractivity contribution is 5.28. The number of hydrogen-bond donors (Lipinski definition) is 1. The van der Waals surface area contributed by atoms with E-state index in [0.29, 0.717) is 12.6 Å². The van der Waals surface area contributed by atoms with Crippen LogP contribution in [0, 0.1) is 6.92 Å². The lowest BCUT2D eigenvalue weighted by Crippen LogP contribution is -2.27. The summed E-state index contributed by atoms with van der Waals surface area (Å²) in [7, 11) is 4.12. The highest BCUT2D eigenvalue weighted by atomic mass is 15.1. The van der Waals surface area contributed by atoms with Crippen LogP contribution in [0.5, 0.6) is 0 Å². The van der Waals surface area contributed by atoms with Crippen LogP contribution < -0.4 is 5.73 Å². The van der Waals surface area contributed by atoms with Crippen LogP contribution in [0.25, 0.3) is 0 Å². The Morgan fingerprint density at radius 1 is 1.31 bits per heavy atom. The number of aryl methyl sites for hydroxylation is 1. The van der Waals surface area contributed by atoms with E-state index in [4.69, 9.17) is 5.73 Å². The summed E-state index contributed by atoms with van der Waals surface area (Å²) >= 11 is 0. The minimum absolute atomic E-state index is 0.334. The molecule has 0 fully saturated rings. The second kappa shape index (κ2) is 4.40. The van der Waals surface area contributed by atoms with Crippen molar-refractivity contribution < 1.29 is 0 Å². The summed E-state index contributed by atoms with van der Waals surface area (Å²) in [6.45, 7) is 2.79. The van der Waals surface area contributed by atoms with Crippen molar-refractivity contribution in [3.8, 4) is 0 Å². The van der Waals surface area contributed by atoms with Gasteiger partial charge in [0, 0.05) is 12.6 Å². The Kier molecular flexibility index (Phi) is 3.46. The Labute approximate surface area is 80.4 Å². The lowest BCUT2D eigenvalue weighted by molar-refractivity contribution is 0.305. The molecule has 2 heteroatoms. The molecule has 1 atom stereocenters. The number of likely N-dealkylation sites (N-methyl/N-ethyl adjacent to an activating group) is 1. The van der Waals surface area contributed by atoms with Crippen molar-refractivity contribution in [2.24, 2.45) is 5.73 Å². The van der Waals surface area contributed by atoms with Crippen LogP contribution >= 0.6 is 0 Å². The maximum Gasteiger partial charge on any atom is 0.0467 e. The molecule has 0 bridgehead atoms. The van der Waals surface area contributed by atoms with E-state index < -0.39 is 0 Å². The number of nitrogens with two attached hydrogens (primary N) is 1. The molecule has 0 saturated heterocycles. The summed E-state index contributed by atoms with van der Waals surface area (Å²) in [6, 6.07) is 8.73. The molecule has 0 aliphatic rings. The predicted molar refractivity (Wildman–Crippen MR) is 56.7 cm³/mol. The molecule has 1 rings (SSSR count). The van der Waals surface area contributed by atoms with E-state index in [9.17, 15) is 0 Å². The monoisotopic (exact) mass is 178 g/mol. The number of nitrogens with zero attached hydrogens (tertiary/aromatic N) is 1. The summed E-state index contributed by atoms with van der Waals surface area (Å²) in [4.78, 5) is 2.16. The topological polar surface area (TPSA) is 29.3 Å². The Morgan fingerprint density at radius 3 is 2.38 bits per heavy atom. The Bertz CT molecular complexity index is 269. The molecule has 0 amide bonds. The summed E-state index contributed by atoms with van der Waals surface area (Å²) < 4.78 is 0. The highest BCUT2D eigenvalue weighted by Gasteiger charge is 2.12. The zero-order valence-electron chi connectivity index (χ0n) is 8.62. The van der Waals surface area contributed by atoms with Crippen molar-refractivity contribution in [2.75, 3.05) is 20.6 Å². The first-order chi connectivity index (χ1) is 6.16. The van der Waals surface area contributed by atoms with E-state index in [2.05, 4.69) is 50.2 Å². The quantitative estimate of drug-likeness (QED) is 0.761. The van der Waals surface area contributed by atoms with Crippen molar-refractivity contribution in [3.63, 3.8) is 0 Å². The van der Waals surface area contributed by atoms with Gasteiger partial charge in [-0.1, -0.05) is 24.3 Å². The molecule has 1 aromatic carbocycles. The maximum absolute atomic E-state index is 5.73. The van der Waals surface area contributed by atoms with Gasteiger partial charge in [-0.15, -0.1) is 0 Å². The first kappa shape index (κ1) is 10.2. The Hall–Kier alpha value is -0.860. The molecular weight excluding hydrogens is 160 g/mol. The van der Waals surface area contributed by atoms with Gasteiger partial charge in [0.1, 0.15) is 0 Å². The summed E-state index contributed by atoms with van der Waals surface area (Å²) in [6.07, 6.45) is 0. The highest BCUT2D eigenvalue weighted by Crippen LogP contribution is 2.19. The van der Waals surface area contributed by atoms with Crippen molar-refractivity contribution in [1.29, 1.82) is 0 Å². The second-order valence-corrected chi connectivity index (χ2v) is 3.57. The normalized spacial score (nSPS) is 13.3. The largest absolute Gasteiger partial charge is 0.329 e. The molecule has 0 unspecified atom stereocenters. The molecule has 0 aliphatic heterocycles. The smallest absolute Gasteiger partial charge is 0.0467 e. The summed E-state index contributed by atoms with van der Waals surface area (Å²) in [5.74, 6) is 0. The van der Waals surface area contributed by atoms with Crippen molar-refractivity contribution >= 4 is 0 Å². The molecule has 0 aliphatic carbocycles. The number of rotatable bonds is 3. The lowest BCUT2D eigenvalue weighted by atomic mass is 10.0. The molecule has 0 heterocycles. The van der Waals surface area contributed by atoms with Gasteiger partial charge in [0.05, 0.1) is 0 Å². The summed E-state index contributed by atoms with van der Waals surface area (Å²) in [5, 5.41) is 0. The van der Waals surface area contributed by atoms with Gasteiger partial charge in [0.25, 0.3) is 0 Å². The third kappa shape index (κ3) is 2.29. The molecule has 2 nitrogen and oxygen atoms in total. The van der Waals surface area contributed by atoms with E-state index >= 15 is 0 Å². The van der Waals surface area contributed by atoms with Gasteiger partial charge in [-0.05, 0) is 32.1 Å². The van der Waals surface area contributed by atoms with Crippen LogP contribution in [0.4, 0.5) is 0 Å². The van der Waals surface area contributed by atoms with Crippen molar-refractivity contribution in [1.82, 2.24) is 4.90 Å². The van der Waals surface area contributed by atoms with E-state index in [0.717, 1.165) is 0 Å². The number of hydrogen-bond acceptors (Lipinski definition) is 2. The zero-order valence-corrected chi connectivity index (χ0v) is 8.62. The Balaban J connectivity index is 2.97. The van der Waals surface area contributed by atoms with Gasteiger partial charge in [-0.2, -0.15) is 0 Å². The summed E-state index contributed by atoms with van der Waals surface area (Å²) in [5.41, 5.74) is 8.37. The van der Waals surface area contributed by atoms with E-state index in [1.54, 1.807) is 0 Å². The third-order valence-corrected chi connectivity index (χ3v) is 2.39. The van der Waals surface area contributed by atoms with Gasteiger partial charge >= 0.3 is 0 Å². The molecule has 0 aromatic heterocycles. The average Bonchev–Trinajstić information content (AvgIpc) is 2.09. The standard InChI is InChI=1S/C11H18N2/c1-9-6-4-5-7-10(9)11(8-12)13(2)3/h4-7,11H,8,12H2,1-3H3/t11-/m0/s1. The van der Waals surface area contributed by atoms with Gasteiger partial charge in [-0.3, -0.25) is 0 Å². The molecule has 2 N–H and O–H groups in total. The first-order valence-electron chi connectivity index (χ1n) is 4.59. The third-order valence-electron chi connectivity index (χ3n) is 2.39. The molecule has 0 radical (unpaired) electrons. The zero-order chi connectivity index (χ0) is 9.84. The van der Waals surface area contributed by atoms with Gasteiger partial charge in [0.2, 0.25) is 0 Å². The van der Waals surface area contributed by atoms with E-state index in [-0.39, 0.29) is 0 Å². The molecule has 0 saturated carbocycles. The fourth-order valence-electron chi connectivity index (χ4n) is 1.58. The van der Waals surface area contributed by atoms with Crippen molar-refractivity contribution in [2.45, 2.75) is 13.0 Å². The molecular formula is C11H18N2. The van der Waals surface area contributed by atoms with Crippen molar-refractivity contribution in [3.05, 3.63) is 35.4 Å². The SMILES string of the molecule is Cc1ccccc1[C@H](CN)N(C)C. The van der Waals surface area contributed by atoms with Crippen LogP contribution in [-0.2, 0) is 0 Å². The van der Waals surface area contributed by atoms with E-state index in [1.165, 1.54) is 11.1 Å². The van der Waals surface area contributed by atoms with E-state index in [1.807, 2.05) is 0 Å². The first-order valence-corrected chi connectivity index (χ1v) is 4.59. The molecule has 13 heavy (non-hydrogen) atoms. The van der Waals surface area contributed by atoms with Crippen LogP contribution in [0.2, 0.25) is 0 Å². The lowest BCUT2D eigenvalue weighted by Gasteiger charge is -2.24. The predicted octanol–water partition coefficient (Wildman–Crippen LogP) is 1.56. The van der Waals surface area contributed by atoms with Crippen LogP contribution in [0.1, 0.15) is 17.2 Å². The van der Waals surface area contributed by atoms with Crippen LogP contribution in [0.3, 0.4) is 0 Å². The van der Waals surface area contributed by atoms with Gasteiger partial charge in [-0.25, -0.2) is 0 Å². The molecule has 1 aromatic rings. The molecule has 72 valence electrons. The Morgan fingerprint density at radius 2 is 1.92 bits per heavy atom. The van der Waals surface area contributed by atoms with Crippen LogP contribution in [0.15, 0.2) is 24.3 Å². The fourth-order valence-corrected chi connectivity index (χ4v) is 1.58. The van der Waals surface area contributed by atoms with Crippen LogP contribution in [-0.4, -0.2) is 25.5 Å². The van der Waals surface area contributed by atoms with Gasteiger partial charge in [0.15, 0.2) is 0 Å². The minimum Gasteiger partial charge on any atom is -0.329 e. The second-order valence-electron chi connectivity index (χ2n) is 3.57. The maximum atomic E-state index is 5.73. The molecule has 0 spiro atoms. The minimum atomic E-state index is 0.334. The van der Waals surface area contributed by atoms with Gasteiger partial charge < -0.3 is 10.6 Å². The average molecular weight is 178 g/mol.